The average molecular weight is 575 g/mol. The Kier molecular flexibility index (Phi) is 8.61. The summed E-state index contributed by atoms with van der Waals surface area (Å²) in [6, 6.07) is 18.7. The minimum Gasteiger partial charge on any atom is -0.325 e. The van der Waals surface area contributed by atoms with Crippen LogP contribution < -0.4 is 10.6 Å². The zero-order chi connectivity index (χ0) is 26.7. The minimum absolute atomic E-state index is 0.0218. The first-order valence-corrected chi connectivity index (χ1v) is 14.3. The van der Waals surface area contributed by atoms with Crippen LogP contribution in [0.3, 0.4) is 0 Å². The largest absolute Gasteiger partial charge is 0.325 e. The molecule has 8 heteroatoms. The summed E-state index contributed by atoms with van der Waals surface area (Å²) in [5.41, 5.74) is 3.15. The molecule has 2 aliphatic rings. The Labute approximate surface area is 238 Å². The molecule has 1 heterocycles. The van der Waals surface area contributed by atoms with Crippen LogP contribution >= 0.6 is 34.8 Å². The summed E-state index contributed by atoms with van der Waals surface area (Å²) in [5, 5.41) is 7.69. The van der Waals surface area contributed by atoms with E-state index in [2.05, 4.69) is 39.8 Å². The van der Waals surface area contributed by atoms with Gasteiger partial charge < -0.3 is 10.2 Å². The molecule has 0 aromatic heterocycles. The monoisotopic (exact) mass is 573 g/mol. The second-order valence-electron chi connectivity index (χ2n) is 10.3. The van der Waals surface area contributed by atoms with Crippen molar-refractivity contribution in [3.05, 3.63) is 87.1 Å². The normalized spacial score (nSPS) is 18.0. The summed E-state index contributed by atoms with van der Waals surface area (Å²) in [4.78, 5) is 15.5. The molecule has 0 radical (unpaired) electrons. The molecule has 0 atom stereocenters. The lowest BCUT2D eigenvalue weighted by Gasteiger charge is -2.45. The number of amides is 1. The molecular weight excluding hydrogens is 544 g/mol. The number of carbonyl (C=O) groups excluding carboxylic acids is 1. The van der Waals surface area contributed by atoms with Gasteiger partial charge in [0.15, 0.2) is 0 Å². The number of hydrogen-bond donors (Lipinski definition) is 2. The fraction of sp³-hybridized carbons (Fsp3) is 0.367. The molecule has 1 aliphatic heterocycles. The third-order valence-electron chi connectivity index (χ3n) is 7.96. The van der Waals surface area contributed by atoms with Crippen molar-refractivity contribution in [2.45, 2.75) is 50.1 Å². The number of hydrogen-bond acceptors (Lipinski definition) is 3. The van der Waals surface area contributed by atoms with Crippen molar-refractivity contribution in [2.24, 2.45) is 0 Å². The Morgan fingerprint density at radius 3 is 2.32 bits per heavy atom. The lowest BCUT2D eigenvalue weighted by Crippen LogP contribution is -2.54. The van der Waals surface area contributed by atoms with Gasteiger partial charge in [-0.1, -0.05) is 71.9 Å². The van der Waals surface area contributed by atoms with E-state index >= 15 is 0 Å². The van der Waals surface area contributed by atoms with E-state index < -0.39 is 5.82 Å². The maximum Gasteiger partial charge on any atom is 0.238 e. The van der Waals surface area contributed by atoms with Gasteiger partial charge in [-0.05, 0) is 73.2 Å². The zero-order valence-electron chi connectivity index (χ0n) is 21.1. The van der Waals surface area contributed by atoms with Crippen LogP contribution in [0, 0.1) is 5.82 Å². The van der Waals surface area contributed by atoms with E-state index in [9.17, 15) is 9.18 Å². The molecule has 1 saturated heterocycles. The molecule has 0 bridgehead atoms. The fourth-order valence-electron chi connectivity index (χ4n) is 5.82. The van der Waals surface area contributed by atoms with Gasteiger partial charge in [0.25, 0.3) is 0 Å². The van der Waals surface area contributed by atoms with E-state index in [-0.39, 0.29) is 23.0 Å². The van der Waals surface area contributed by atoms with E-state index in [1.807, 2.05) is 12.1 Å². The van der Waals surface area contributed by atoms with Crippen LogP contribution in [-0.4, -0.2) is 36.5 Å². The van der Waals surface area contributed by atoms with Crippen molar-refractivity contribution >= 4 is 46.4 Å². The van der Waals surface area contributed by atoms with Crippen molar-refractivity contribution in [3.8, 4) is 11.1 Å². The molecule has 1 aliphatic carbocycles. The molecule has 5 rings (SSSR count). The van der Waals surface area contributed by atoms with Gasteiger partial charge >= 0.3 is 0 Å². The van der Waals surface area contributed by atoms with Crippen molar-refractivity contribution in [3.63, 3.8) is 0 Å². The van der Waals surface area contributed by atoms with Crippen molar-refractivity contribution in [2.75, 3.05) is 25.0 Å². The van der Waals surface area contributed by atoms with Crippen LogP contribution in [-0.2, 0) is 10.3 Å². The smallest absolute Gasteiger partial charge is 0.238 e. The molecule has 2 N–H and O–H groups in total. The van der Waals surface area contributed by atoms with Gasteiger partial charge in [0.05, 0.1) is 11.6 Å². The first-order chi connectivity index (χ1) is 18.3. The summed E-state index contributed by atoms with van der Waals surface area (Å²) in [7, 11) is 0. The Morgan fingerprint density at radius 2 is 1.63 bits per heavy atom. The van der Waals surface area contributed by atoms with Gasteiger partial charge in [0, 0.05) is 46.0 Å². The Bertz CT molecular complexity index is 1290. The molecule has 0 unspecified atom stereocenters. The first kappa shape index (κ1) is 27.4. The van der Waals surface area contributed by atoms with Crippen molar-refractivity contribution < 1.29 is 9.18 Å². The molecule has 1 amide bonds. The lowest BCUT2D eigenvalue weighted by atomic mass is 9.79. The number of likely N-dealkylation sites (tertiary alicyclic amines) is 1. The standard InChI is InChI=1S/C30H31Cl3FN3O/c31-22-9-11-26(32)25(17-22)20-5-7-21(8-6-20)30(13-15-37(16-14-30)24-3-1-2-4-24)35-19-29(38)36-23-10-12-28(34)27(33)18-23/h5-12,17-18,24,35H,1-4,13-16,19H2,(H,36,38). The highest BCUT2D eigenvalue weighted by Gasteiger charge is 2.38. The first-order valence-electron chi connectivity index (χ1n) is 13.1. The van der Waals surface area contributed by atoms with Crippen LogP contribution in [0.1, 0.15) is 44.1 Å². The number of carbonyl (C=O) groups is 1. The quantitative estimate of drug-likeness (QED) is 0.301. The van der Waals surface area contributed by atoms with Crippen LogP contribution in [0.25, 0.3) is 11.1 Å². The van der Waals surface area contributed by atoms with Crippen LogP contribution in [0.15, 0.2) is 60.7 Å². The highest BCUT2D eigenvalue weighted by atomic mass is 35.5. The predicted octanol–water partition coefficient (Wildman–Crippen LogP) is 7.91. The molecule has 1 saturated carbocycles. The summed E-state index contributed by atoms with van der Waals surface area (Å²) in [6.45, 7) is 2.09. The molecule has 3 aromatic rings. The second kappa shape index (κ2) is 11.9. The maximum absolute atomic E-state index is 13.5. The lowest BCUT2D eigenvalue weighted by molar-refractivity contribution is -0.116. The van der Waals surface area contributed by atoms with Gasteiger partial charge in [-0.3, -0.25) is 10.1 Å². The number of nitrogens with zero attached hydrogens (tertiary/aromatic N) is 1. The summed E-state index contributed by atoms with van der Waals surface area (Å²) in [6.07, 6.45) is 6.97. The SMILES string of the molecule is O=C(CNC1(c2ccc(-c3cc(Cl)ccc3Cl)cc2)CCN(C2CCCC2)CC1)Nc1ccc(F)c(Cl)c1. The van der Waals surface area contributed by atoms with E-state index in [0.717, 1.165) is 42.6 Å². The third-order valence-corrected chi connectivity index (χ3v) is 8.81. The average Bonchev–Trinajstić information content (AvgIpc) is 3.47. The van der Waals surface area contributed by atoms with Gasteiger partial charge in [-0.15, -0.1) is 0 Å². The van der Waals surface area contributed by atoms with Gasteiger partial charge in [-0.2, -0.15) is 0 Å². The maximum atomic E-state index is 13.5. The van der Waals surface area contributed by atoms with Gasteiger partial charge in [0.2, 0.25) is 5.91 Å². The molecule has 3 aromatic carbocycles. The number of anilines is 1. The number of piperidine rings is 1. The molecular formula is C30H31Cl3FN3O. The number of rotatable bonds is 7. The molecule has 200 valence electrons. The number of benzene rings is 3. The van der Waals surface area contributed by atoms with Gasteiger partial charge in [0.1, 0.15) is 5.82 Å². The number of halogens is 4. The molecule has 0 spiro atoms. The zero-order valence-corrected chi connectivity index (χ0v) is 23.3. The summed E-state index contributed by atoms with van der Waals surface area (Å²) in [5.74, 6) is -0.717. The highest BCUT2D eigenvalue weighted by Crippen LogP contribution is 2.38. The van der Waals surface area contributed by atoms with Crippen LogP contribution in [0.5, 0.6) is 0 Å². The Hall–Kier alpha value is -2.15. The van der Waals surface area contributed by atoms with Crippen molar-refractivity contribution in [1.82, 2.24) is 10.2 Å². The van der Waals surface area contributed by atoms with E-state index in [1.54, 1.807) is 6.07 Å². The highest BCUT2D eigenvalue weighted by molar-refractivity contribution is 6.35. The van der Waals surface area contributed by atoms with E-state index in [1.165, 1.54) is 43.9 Å². The van der Waals surface area contributed by atoms with Crippen LogP contribution in [0.4, 0.5) is 10.1 Å². The minimum atomic E-state index is -0.515. The van der Waals surface area contributed by atoms with E-state index in [0.29, 0.717) is 21.8 Å². The predicted molar refractivity (Wildman–Crippen MR) is 155 cm³/mol. The van der Waals surface area contributed by atoms with Crippen LogP contribution in [0.2, 0.25) is 15.1 Å². The number of nitrogens with one attached hydrogen (secondary N) is 2. The summed E-state index contributed by atoms with van der Waals surface area (Å²) >= 11 is 18.5. The summed E-state index contributed by atoms with van der Waals surface area (Å²) < 4.78 is 13.5. The topological polar surface area (TPSA) is 44.4 Å². The van der Waals surface area contributed by atoms with E-state index in [4.69, 9.17) is 34.8 Å². The molecule has 4 nitrogen and oxygen atoms in total. The molecule has 38 heavy (non-hydrogen) atoms. The van der Waals surface area contributed by atoms with Gasteiger partial charge in [-0.25, -0.2) is 4.39 Å². The van der Waals surface area contributed by atoms with Crippen molar-refractivity contribution in [1.29, 1.82) is 0 Å². The Balaban J connectivity index is 1.34. The molecule has 2 fully saturated rings. The Morgan fingerprint density at radius 1 is 0.921 bits per heavy atom. The second-order valence-corrected chi connectivity index (χ2v) is 11.5. The third kappa shape index (κ3) is 6.19. The fourth-order valence-corrected chi connectivity index (χ4v) is 6.40.